The highest BCUT2D eigenvalue weighted by Crippen LogP contribution is 2.15. The van der Waals surface area contributed by atoms with Crippen LogP contribution in [0.25, 0.3) is 0 Å². The van der Waals surface area contributed by atoms with Crippen LogP contribution in [0.1, 0.15) is 5.56 Å². The highest BCUT2D eigenvalue weighted by atomic mass is 32.1. The second kappa shape index (κ2) is 7.08. The van der Waals surface area contributed by atoms with Crippen LogP contribution in [0.3, 0.4) is 0 Å². The van der Waals surface area contributed by atoms with Gasteiger partial charge in [0.2, 0.25) is 0 Å². The van der Waals surface area contributed by atoms with Crippen molar-refractivity contribution in [3.8, 4) is 0 Å². The highest BCUT2D eigenvalue weighted by Gasteiger charge is 2.38. The van der Waals surface area contributed by atoms with Crippen molar-refractivity contribution in [2.75, 3.05) is 26.6 Å². The Morgan fingerprint density at radius 2 is 1.75 bits per heavy atom. The molecule has 0 bridgehead atoms. The van der Waals surface area contributed by atoms with Crippen molar-refractivity contribution in [3.05, 3.63) is 35.9 Å². The second-order valence-electron chi connectivity index (χ2n) is 3.33. The molecule has 90 valence electrons. The third-order valence-electron chi connectivity index (χ3n) is 2.30. The first-order chi connectivity index (χ1) is 7.76. The molecule has 0 radical (unpaired) electrons. The maximum Gasteiger partial charge on any atom is 0.505 e. The Hall–Kier alpha value is -0.333. The molecule has 1 aromatic carbocycles. The fourth-order valence-electron chi connectivity index (χ4n) is 1.44. The molecule has 0 aliphatic carbocycles. The Balaban J connectivity index is 2.70. The average molecular weight is 258 g/mol. The third kappa shape index (κ3) is 3.91. The zero-order chi connectivity index (χ0) is 11.9. The van der Waals surface area contributed by atoms with Gasteiger partial charge in [-0.15, -0.1) is 0 Å². The van der Waals surface area contributed by atoms with Gasteiger partial charge in [0.05, 0.1) is 0 Å². The molecule has 5 heteroatoms. The van der Waals surface area contributed by atoms with Crippen molar-refractivity contribution in [2.45, 2.75) is 6.04 Å². The SMILES string of the molecule is CO[Si](Cc1ccccc1)(OC)OCCS. The van der Waals surface area contributed by atoms with Crippen LogP contribution in [0.4, 0.5) is 0 Å². The van der Waals surface area contributed by atoms with Gasteiger partial charge in [-0.05, 0) is 5.56 Å². The maximum atomic E-state index is 5.70. The lowest BCUT2D eigenvalue weighted by Crippen LogP contribution is -2.47. The van der Waals surface area contributed by atoms with Crippen LogP contribution in [-0.2, 0) is 19.3 Å². The molecule has 0 aromatic heterocycles. The molecule has 0 fully saturated rings. The molecule has 0 spiro atoms. The second-order valence-corrected chi connectivity index (χ2v) is 6.60. The summed E-state index contributed by atoms with van der Waals surface area (Å²) in [5.41, 5.74) is 1.16. The minimum absolute atomic E-state index is 0.545. The van der Waals surface area contributed by atoms with E-state index in [-0.39, 0.29) is 0 Å². The van der Waals surface area contributed by atoms with Crippen molar-refractivity contribution in [1.82, 2.24) is 0 Å². The fraction of sp³-hybridized carbons (Fsp3) is 0.455. The molecule has 0 aliphatic rings. The van der Waals surface area contributed by atoms with Crippen LogP contribution in [0.15, 0.2) is 30.3 Å². The standard InChI is InChI=1S/C11H18O3SSi/c1-12-16(13-2,14-8-9-15)10-11-6-4-3-5-7-11/h3-7,15H,8-10H2,1-2H3. The van der Waals surface area contributed by atoms with Crippen LogP contribution in [-0.4, -0.2) is 35.4 Å². The number of rotatable bonds is 7. The summed E-state index contributed by atoms with van der Waals surface area (Å²) in [6.45, 7) is 0.545. The van der Waals surface area contributed by atoms with Gasteiger partial charge in [-0.3, -0.25) is 0 Å². The van der Waals surface area contributed by atoms with Gasteiger partial charge in [0, 0.05) is 32.6 Å². The summed E-state index contributed by atoms with van der Waals surface area (Å²) in [6, 6.07) is 10.8. The van der Waals surface area contributed by atoms with Gasteiger partial charge in [-0.1, -0.05) is 30.3 Å². The summed E-state index contributed by atoms with van der Waals surface area (Å²) < 4.78 is 16.6. The van der Waals surface area contributed by atoms with E-state index in [2.05, 4.69) is 12.6 Å². The monoisotopic (exact) mass is 258 g/mol. The van der Waals surface area contributed by atoms with Crippen molar-refractivity contribution < 1.29 is 13.3 Å². The Kier molecular flexibility index (Phi) is 6.08. The molecular weight excluding hydrogens is 240 g/mol. The maximum absolute atomic E-state index is 5.70. The van der Waals surface area contributed by atoms with E-state index in [0.29, 0.717) is 18.4 Å². The average Bonchev–Trinajstić information content (AvgIpc) is 2.36. The topological polar surface area (TPSA) is 27.7 Å². The van der Waals surface area contributed by atoms with E-state index in [9.17, 15) is 0 Å². The third-order valence-corrected chi connectivity index (χ3v) is 5.21. The van der Waals surface area contributed by atoms with E-state index in [4.69, 9.17) is 13.3 Å². The summed E-state index contributed by atoms with van der Waals surface area (Å²) in [7, 11) is 0.718. The van der Waals surface area contributed by atoms with Gasteiger partial charge in [-0.25, -0.2) is 0 Å². The lowest BCUT2D eigenvalue weighted by molar-refractivity contribution is 0.104. The van der Waals surface area contributed by atoms with Crippen LogP contribution >= 0.6 is 12.6 Å². The molecule has 0 amide bonds. The van der Waals surface area contributed by atoms with Gasteiger partial charge in [0.15, 0.2) is 0 Å². The largest absolute Gasteiger partial charge is 0.505 e. The van der Waals surface area contributed by atoms with Gasteiger partial charge >= 0.3 is 8.80 Å². The molecule has 0 atom stereocenters. The molecule has 0 N–H and O–H groups in total. The molecule has 3 nitrogen and oxygen atoms in total. The van der Waals surface area contributed by atoms with Gasteiger partial charge in [-0.2, -0.15) is 12.6 Å². The summed E-state index contributed by atoms with van der Waals surface area (Å²) in [6.07, 6.45) is 0. The van der Waals surface area contributed by atoms with Crippen molar-refractivity contribution >= 4 is 21.4 Å². The predicted molar refractivity (Wildman–Crippen MR) is 69.7 cm³/mol. The molecule has 0 saturated heterocycles. The lowest BCUT2D eigenvalue weighted by atomic mass is 10.2. The van der Waals surface area contributed by atoms with E-state index in [1.807, 2.05) is 30.3 Å². The van der Waals surface area contributed by atoms with E-state index in [1.54, 1.807) is 14.2 Å². The molecule has 0 aliphatic heterocycles. The highest BCUT2D eigenvalue weighted by molar-refractivity contribution is 7.80. The van der Waals surface area contributed by atoms with Crippen molar-refractivity contribution in [3.63, 3.8) is 0 Å². The molecule has 0 heterocycles. The molecular formula is C11H18O3SSi. The fourth-order valence-corrected chi connectivity index (χ4v) is 3.65. The lowest BCUT2D eigenvalue weighted by Gasteiger charge is -2.26. The first-order valence-electron chi connectivity index (χ1n) is 5.15. The normalized spacial score (nSPS) is 11.7. The van der Waals surface area contributed by atoms with Crippen LogP contribution < -0.4 is 0 Å². The zero-order valence-corrected chi connectivity index (χ0v) is 11.6. The van der Waals surface area contributed by atoms with E-state index in [0.717, 1.165) is 5.56 Å². The van der Waals surface area contributed by atoms with Gasteiger partial charge in [0.1, 0.15) is 0 Å². The molecule has 16 heavy (non-hydrogen) atoms. The van der Waals surface area contributed by atoms with E-state index < -0.39 is 8.80 Å². The van der Waals surface area contributed by atoms with Crippen LogP contribution in [0.5, 0.6) is 0 Å². The number of hydrogen-bond acceptors (Lipinski definition) is 4. The molecule has 0 saturated carbocycles. The van der Waals surface area contributed by atoms with Crippen molar-refractivity contribution in [2.24, 2.45) is 0 Å². The summed E-state index contributed by atoms with van der Waals surface area (Å²) in [4.78, 5) is 0. The van der Waals surface area contributed by atoms with E-state index >= 15 is 0 Å². The summed E-state index contributed by atoms with van der Waals surface area (Å²) >= 11 is 4.12. The molecule has 1 rings (SSSR count). The summed E-state index contributed by atoms with van der Waals surface area (Å²) in [5, 5.41) is 0. The quantitative estimate of drug-likeness (QED) is 0.598. The number of hydrogen-bond donors (Lipinski definition) is 1. The van der Waals surface area contributed by atoms with Gasteiger partial charge in [0.25, 0.3) is 0 Å². The minimum atomic E-state index is -2.55. The van der Waals surface area contributed by atoms with E-state index in [1.165, 1.54) is 0 Å². The van der Waals surface area contributed by atoms with Gasteiger partial charge < -0.3 is 13.3 Å². The number of benzene rings is 1. The Labute approximate surface area is 104 Å². The number of thiol groups is 1. The predicted octanol–water partition coefficient (Wildman–Crippen LogP) is 1.95. The smallest absolute Gasteiger partial charge is 0.377 e. The first kappa shape index (κ1) is 13.7. The molecule has 0 unspecified atom stereocenters. The Morgan fingerprint density at radius 3 is 2.25 bits per heavy atom. The zero-order valence-electron chi connectivity index (χ0n) is 9.68. The minimum Gasteiger partial charge on any atom is -0.377 e. The van der Waals surface area contributed by atoms with Crippen LogP contribution in [0, 0.1) is 0 Å². The molecule has 1 aromatic rings. The van der Waals surface area contributed by atoms with Crippen molar-refractivity contribution in [1.29, 1.82) is 0 Å². The van der Waals surface area contributed by atoms with Crippen LogP contribution in [0.2, 0.25) is 0 Å². The summed E-state index contributed by atoms with van der Waals surface area (Å²) in [5.74, 6) is 0.663. The first-order valence-corrected chi connectivity index (χ1v) is 7.72. The Morgan fingerprint density at radius 1 is 1.12 bits per heavy atom. The Bertz CT molecular complexity index is 291.